The first-order valence-corrected chi connectivity index (χ1v) is 8.73. The number of nitrogens with one attached hydrogen (secondary N) is 2. The molecule has 130 valence electrons. The molecule has 3 aromatic rings. The smallest absolute Gasteiger partial charge is 0.319 e. The summed E-state index contributed by atoms with van der Waals surface area (Å²) in [4.78, 5) is 19.9. The summed E-state index contributed by atoms with van der Waals surface area (Å²) < 4.78 is 1.61. The molecular formula is C17H20N6OS. The van der Waals surface area contributed by atoms with Crippen molar-refractivity contribution in [1.29, 1.82) is 0 Å². The van der Waals surface area contributed by atoms with E-state index >= 15 is 0 Å². The monoisotopic (exact) mass is 356 g/mol. The number of carbonyl (C=O) groups excluding carboxylic acids is 1. The van der Waals surface area contributed by atoms with E-state index in [9.17, 15) is 4.79 Å². The van der Waals surface area contributed by atoms with Crippen LogP contribution in [-0.4, -0.2) is 46.3 Å². The lowest BCUT2D eigenvalue weighted by atomic mass is 10.2. The topological polar surface area (TPSA) is 75.1 Å². The highest BCUT2D eigenvalue weighted by Crippen LogP contribution is 2.22. The normalized spacial score (nSPS) is 12.1. The first-order valence-electron chi connectivity index (χ1n) is 7.85. The molecule has 2 N–H and O–H groups in total. The molecule has 0 aliphatic rings. The minimum atomic E-state index is -0.273. The molecular weight excluding hydrogens is 336 g/mol. The molecule has 8 heteroatoms. The molecule has 7 nitrogen and oxygen atoms in total. The van der Waals surface area contributed by atoms with Crippen molar-refractivity contribution in [1.82, 2.24) is 25.0 Å². The summed E-state index contributed by atoms with van der Waals surface area (Å²) in [6.07, 6.45) is 5.12. The van der Waals surface area contributed by atoms with E-state index in [1.54, 1.807) is 52.8 Å². The maximum Gasteiger partial charge on any atom is 0.319 e. The highest BCUT2D eigenvalue weighted by Gasteiger charge is 2.17. The van der Waals surface area contributed by atoms with E-state index in [4.69, 9.17) is 0 Å². The molecule has 0 saturated carbocycles. The number of likely N-dealkylation sites (N-methyl/N-ethyl adjacent to an activating group) is 1. The number of amides is 2. The van der Waals surface area contributed by atoms with Crippen molar-refractivity contribution in [3.05, 3.63) is 59.2 Å². The number of pyridine rings is 1. The van der Waals surface area contributed by atoms with Crippen LogP contribution in [0.2, 0.25) is 0 Å². The Hall–Kier alpha value is -2.71. The molecule has 0 spiro atoms. The van der Waals surface area contributed by atoms with Crippen molar-refractivity contribution in [2.24, 2.45) is 0 Å². The number of anilines is 1. The second-order valence-corrected chi connectivity index (χ2v) is 6.63. The third-order valence-electron chi connectivity index (χ3n) is 3.71. The van der Waals surface area contributed by atoms with Gasteiger partial charge < -0.3 is 15.5 Å². The van der Waals surface area contributed by atoms with Crippen molar-refractivity contribution >= 4 is 23.1 Å². The summed E-state index contributed by atoms with van der Waals surface area (Å²) in [7, 11) is 4.00. The van der Waals surface area contributed by atoms with Gasteiger partial charge in [-0.05, 0) is 43.7 Å². The standard InChI is InChI=1S/C17H20N6OS/c1-22(2)14(15-7-4-11-25-15)12-19-17(24)21-13-6-3-8-18-16(13)23-10-5-9-20-23/h3-11,14H,12H2,1-2H3,(H2,19,21,24)/t14-/m1/s1. The van der Waals surface area contributed by atoms with Gasteiger partial charge in [-0.2, -0.15) is 5.10 Å². The Balaban J connectivity index is 1.65. The molecule has 3 aromatic heterocycles. The van der Waals surface area contributed by atoms with Crippen LogP contribution >= 0.6 is 11.3 Å². The number of aromatic nitrogens is 3. The van der Waals surface area contributed by atoms with Gasteiger partial charge in [0, 0.05) is 30.0 Å². The fourth-order valence-corrected chi connectivity index (χ4v) is 3.37. The second-order valence-electron chi connectivity index (χ2n) is 5.66. The third-order valence-corrected chi connectivity index (χ3v) is 4.68. The maximum absolute atomic E-state index is 12.3. The van der Waals surface area contributed by atoms with Crippen LogP contribution in [0.4, 0.5) is 10.5 Å². The molecule has 0 aromatic carbocycles. The van der Waals surface area contributed by atoms with Crippen molar-refractivity contribution in [2.75, 3.05) is 26.0 Å². The summed E-state index contributed by atoms with van der Waals surface area (Å²) >= 11 is 1.68. The molecule has 0 aliphatic carbocycles. The van der Waals surface area contributed by atoms with E-state index in [1.165, 1.54) is 4.88 Å². The van der Waals surface area contributed by atoms with Gasteiger partial charge in [0.15, 0.2) is 5.82 Å². The minimum Gasteiger partial charge on any atom is -0.336 e. The summed E-state index contributed by atoms with van der Waals surface area (Å²) in [6.45, 7) is 0.511. The summed E-state index contributed by atoms with van der Waals surface area (Å²) in [5.74, 6) is 0.574. The number of thiophene rings is 1. The third kappa shape index (κ3) is 4.23. The number of nitrogens with zero attached hydrogens (tertiary/aromatic N) is 4. The number of hydrogen-bond donors (Lipinski definition) is 2. The fourth-order valence-electron chi connectivity index (χ4n) is 2.45. The summed E-state index contributed by atoms with van der Waals surface area (Å²) in [5.41, 5.74) is 0.598. The molecule has 0 bridgehead atoms. The minimum absolute atomic E-state index is 0.130. The Morgan fingerprint density at radius 3 is 2.84 bits per heavy atom. The average Bonchev–Trinajstić information content (AvgIpc) is 3.29. The Morgan fingerprint density at radius 1 is 1.28 bits per heavy atom. The number of urea groups is 1. The van der Waals surface area contributed by atoms with Crippen LogP contribution < -0.4 is 10.6 Å². The quantitative estimate of drug-likeness (QED) is 0.712. The molecule has 3 rings (SSSR count). The maximum atomic E-state index is 12.3. The van der Waals surface area contributed by atoms with Crippen molar-refractivity contribution in [3.8, 4) is 5.82 Å². The first-order chi connectivity index (χ1) is 12.1. The molecule has 25 heavy (non-hydrogen) atoms. The SMILES string of the molecule is CN(C)[C@H](CNC(=O)Nc1cccnc1-n1cccn1)c1cccs1. The van der Waals surface area contributed by atoms with Crippen molar-refractivity contribution in [2.45, 2.75) is 6.04 Å². The van der Waals surface area contributed by atoms with E-state index in [1.807, 2.05) is 25.5 Å². The summed E-state index contributed by atoms with van der Waals surface area (Å²) in [5, 5.41) is 12.0. The molecule has 0 aliphatic heterocycles. The molecule has 0 saturated heterocycles. The van der Waals surface area contributed by atoms with Crippen LogP contribution in [0.25, 0.3) is 5.82 Å². The lowest BCUT2D eigenvalue weighted by molar-refractivity contribution is 0.244. The molecule has 0 fully saturated rings. The molecule has 2 amide bonds. The first kappa shape index (κ1) is 17.1. The lowest BCUT2D eigenvalue weighted by Gasteiger charge is -2.23. The van der Waals surface area contributed by atoms with E-state index in [0.29, 0.717) is 18.1 Å². The van der Waals surface area contributed by atoms with E-state index in [-0.39, 0.29) is 12.1 Å². The molecule has 0 radical (unpaired) electrons. The predicted molar refractivity (Wildman–Crippen MR) is 99.1 cm³/mol. The van der Waals surface area contributed by atoms with E-state index in [2.05, 4.69) is 31.7 Å². The van der Waals surface area contributed by atoms with Gasteiger partial charge in [-0.3, -0.25) is 0 Å². The molecule has 1 atom stereocenters. The molecule has 0 unspecified atom stereocenters. The van der Waals surface area contributed by atoms with Gasteiger partial charge in [0.05, 0.1) is 11.7 Å². The van der Waals surface area contributed by atoms with Gasteiger partial charge >= 0.3 is 6.03 Å². The molecule has 3 heterocycles. The number of hydrogen-bond acceptors (Lipinski definition) is 5. The zero-order valence-electron chi connectivity index (χ0n) is 14.1. The van der Waals surface area contributed by atoms with Crippen molar-refractivity contribution < 1.29 is 4.79 Å². The van der Waals surface area contributed by atoms with Gasteiger partial charge in [0.1, 0.15) is 0 Å². The van der Waals surface area contributed by atoms with Crippen LogP contribution in [0.5, 0.6) is 0 Å². The van der Waals surface area contributed by atoms with Crippen LogP contribution in [0.1, 0.15) is 10.9 Å². The zero-order chi connectivity index (χ0) is 17.6. The van der Waals surface area contributed by atoms with Crippen LogP contribution in [0.3, 0.4) is 0 Å². The largest absolute Gasteiger partial charge is 0.336 e. The zero-order valence-corrected chi connectivity index (χ0v) is 14.9. The van der Waals surface area contributed by atoms with Gasteiger partial charge in [-0.25, -0.2) is 14.5 Å². The summed E-state index contributed by atoms with van der Waals surface area (Å²) in [6, 6.07) is 9.33. The number of carbonyl (C=O) groups is 1. The highest BCUT2D eigenvalue weighted by atomic mass is 32.1. The second kappa shape index (κ2) is 7.91. The van der Waals surface area contributed by atoms with Crippen LogP contribution in [0, 0.1) is 0 Å². The predicted octanol–water partition coefficient (Wildman–Crippen LogP) is 2.75. The Bertz CT molecular complexity index is 800. The fraction of sp³-hybridized carbons (Fsp3) is 0.235. The highest BCUT2D eigenvalue weighted by molar-refractivity contribution is 7.10. The Morgan fingerprint density at radius 2 is 2.16 bits per heavy atom. The average molecular weight is 356 g/mol. The van der Waals surface area contributed by atoms with Gasteiger partial charge in [-0.1, -0.05) is 6.07 Å². The van der Waals surface area contributed by atoms with Gasteiger partial charge in [-0.15, -0.1) is 11.3 Å². The van der Waals surface area contributed by atoms with E-state index < -0.39 is 0 Å². The van der Waals surface area contributed by atoms with E-state index in [0.717, 1.165) is 0 Å². The Kier molecular flexibility index (Phi) is 5.42. The van der Waals surface area contributed by atoms with Gasteiger partial charge in [0.25, 0.3) is 0 Å². The van der Waals surface area contributed by atoms with Gasteiger partial charge in [0.2, 0.25) is 0 Å². The number of rotatable bonds is 6. The van der Waals surface area contributed by atoms with Crippen LogP contribution in [0.15, 0.2) is 54.3 Å². The lowest BCUT2D eigenvalue weighted by Crippen LogP contribution is -2.36. The van der Waals surface area contributed by atoms with Crippen LogP contribution in [-0.2, 0) is 0 Å². The Labute approximate surface area is 150 Å². The van der Waals surface area contributed by atoms with Crippen molar-refractivity contribution in [3.63, 3.8) is 0 Å².